The van der Waals surface area contributed by atoms with Gasteiger partial charge in [-0.05, 0) is 30.9 Å². The lowest BCUT2D eigenvalue weighted by Gasteiger charge is -2.33. The molecule has 0 bridgehead atoms. The first kappa shape index (κ1) is 22.0. The van der Waals surface area contributed by atoms with Crippen molar-refractivity contribution < 1.29 is 19.1 Å². The maximum Gasteiger partial charge on any atom is 0.221 e. The second kappa shape index (κ2) is 10.4. The molecule has 2 atom stereocenters. The minimum atomic E-state index is -0.505. The molecule has 0 radical (unpaired) electrons. The molecule has 1 aromatic heterocycles. The predicted octanol–water partition coefficient (Wildman–Crippen LogP) is 3.91. The average Bonchev–Trinajstić information content (AvgIpc) is 3.32. The van der Waals surface area contributed by atoms with E-state index in [1.807, 2.05) is 17.0 Å². The number of carbonyl (C=O) groups is 2. The molecule has 7 nitrogen and oxygen atoms in total. The zero-order chi connectivity index (χ0) is 22.3. The SMILES string of the molecule is NC(=O)CC(OCC1CCCCC1)N1C=COC1c1ccc(C(=O)c2cccnc2)cc1. The fraction of sp³-hybridized carbons (Fsp3) is 0.400. The highest BCUT2D eigenvalue weighted by Gasteiger charge is 2.32. The van der Waals surface area contributed by atoms with Crippen molar-refractivity contribution in [2.45, 2.75) is 51.0 Å². The first-order valence-corrected chi connectivity index (χ1v) is 11.2. The Hall–Kier alpha value is -3.19. The zero-order valence-corrected chi connectivity index (χ0v) is 18.1. The van der Waals surface area contributed by atoms with Crippen LogP contribution in [0.5, 0.6) is 0 Å². The Morgan fingerprint density at radius 3 is 2.59 bits per heavy atom. The quantitative estimate of drug-likeness (QED) is 0.600. The van der Waals surface area contributed by atoms with E-state index in [-0.39, 0.29) is 12.2 Å². The number of hydrogen-bond acceptors (Lipinski definition) is 6. The summed E-state index contributed by atoms with van der Waals surface area (Å²) in [6.07, 6.45) is 11.8. The molecule has 4 rings (SSSR count). The minimum absolute atomic E-state index is 0.0779. The number of ketones is 1. The van der Waals surface area contributed by atoms with Crippen molar-refractivity contribution >= 4 is 11.7 Å². The summed E-state index contributed by atoms with van der Waals surface area (Å²) in [7, 11) is 0. The van der Waals surface area contributed by atoms with Crippen molar-refractivity contribution in [3.63, 3.8) is 0 Å². The summed E-state index contributed by atoms with van der Waals surface area (Å²) in [5.41, 5.74) is 7.48. The maximum atomic E-state index is 12.6. The molecule has 2 aromatic rings. The van der Waals surface area contributed by atoms with E-state index >= 15 is 0 Å². The molecule has 7 heteroatoms. The van der Waals surface area contributed by atoms with Gasteiger partial charge in [-0.1, -0.05) is 43.5 Å². The van der Waals surface area contributed by atoms with Gasteiger partial charge in [0.25, 0.3) is 0 Å². The molecular formula is C25H29N3O4. The number of aromatic nitrogens is 1. The molecule has 1 fully saturated rings. The Bertz CT molecular complexity index is 939. The number of nitrogens with two attached hydrogens (primary N) is 1. The lowest BCUT2D eigenvalue weighted by Crippen LogP contribution is -2.39. The van der Waals surface area contributed by atoms with Gasteiger partial charge in [-0.3, -0.25) is 14.6 Å². The summed E-state index contributed by atoms with van der Waals surface area (Å²) in [5.74, 6) is 0.00681. The van der Waals surface area contributed by atoms with Crippen LogP contribution in [0, 0.1) is 5.92 Å². The second-order valence-corrected chi connectivity index (χ2v) is 8.38. The van der Waals surface area contributed by atoms with Crippen LogP contribution < -0.4 is 5.73 Å². The summed E-state index contributed by atoms with van der Waals surface area (Å²) >= 11 is 0. The number of rotatable bonds is 9. The fourth-order valence-electron chi connectivity index (χ4n) is 4.31. The van der Waals surface area contributed by atoms with Crippen LogP contribution in [-0.4, -0.2) is 34.4 Å². The molecule has 1 amide bonds. The van der Waals surface area contributed by atoms with Crippen LogP contribution >= 0.6 is 0 Å². The van der Waals surface area contributed by atoms with Gasteiger partial charge in [0.2, 0.25) is 5.91 Å². The van der Waals surface area contributed by atoms with Crippen molar-refractivity contribution in [1.29, 1.82) is 0 Å². The third-order valence-electron chi connectivity index (χ3n) is 6.05. The summed E-state index contributed by atoms with van der Waals surface area (Å²) in [6.45, 7) is 0.605. The van der Waals surface area contributed by atoms with Crippen LogP contribution in [0.25, 0.3) is 0 Å². The molecule has 1 saturated carbocycles. The van der Waals surface area contributed by atoms with E-state index in [4.69, 9.17) is 15.2 Å². The summed E-state index contributed by atoms with van der Waals surface area (Å²) in [4.78, 5) is 30.3. The number of primary amides is 1. The predicted molar refractivity (Wildman–Crippen MR) is 119 cm³/mol. The van der Waals surface area contributed by atoms with E-state index in [2.05, 4.69) is 4.98 Å². The van der Waals surface area contributed by atoms with Crippen LogP contribution in [-0.2, 0) is 14.3 Å². The van der Waals surface area contributed by atoms with Crippen molar-refractivity contribution in [3.05, 3.63) is 77.9 Å². The van der Waals surface area contributed by atoms with Crippen LogP contribution in [0.4, 0.5) is 0 Å². The molecule has 1 aromatic carbocycles. The van der Waals surface area contributed by atoms with E-state index < -0.39 is 18.4 Å². The fourth-order valence-corrected chi connectivity index (χ4v) is 4.31. The minimum Gasteiger partial charge on any atom is -0.472 e. The molecular weight excluding hydrogens is 406 g/mol. The summed E-state index contributed by atoms with van der Waals surface area (Å²) < 4.78 is 12.0. The van der Waals surface area contributed by atoms with Gasteiger partial charge in [0.05, 0.1) is 13.0 Å². The van der Waals surface area contributed by atoms with Gasteiger partial charge < -0.3 is 20.1 Å². The third kappa shape index (κ3) is 5.34. The number of carbonyl (C=O) groups excluding carboxylic acids is 2. The van der Waals surface area contributed by atoms with Crippen molar-refractivity contribution in [2.24, 2.45) is 11.7 Å². The maximum absolute atomic E-state index is 12.6. The van der Waals surface area contributed by atoms with Gasteiger partial charge in [0.15, 0.2) is 12.0 Å². The van der Waals surface area contributed by atoms with Gasteiger partial charge >= 0.3 is 0 Å². The Balaban J connectivity index is 1.45. The van der Waals surface area contributed by atoms with Gasteiger partial charge in [0, 0.05) is 35.3 Å². The molecule has 2 aliphatic rings. The van der Waals surface area contributed by atoms with E-state index in [1.54, 1.807) is 49.1 Å². The Morgan fingerprint density at radius 1 is 1.12 bits per heavy atom. The van der Waals surface area contributed by atoms with Crippen LogP contribution in [0.3, 0.4) is 0 Å². The molecule has 1 aliphatic carbocycles. The molecule has 0 saturated heterocycles. The van der Waals surface area contributed by atoms with Crippen LogP contribution in [0.15, 0.2) is 61.3 Å². The standard InChI is InChI=1S/C25H29N3O4/c26-22(29)15-23(32-17-18-5-2-1-3-6-18)28-13-14-31-25(28)20-10-8-19(9-11-20)24(30)21-7-4-12-27-16-21/h4,7-14,16,18,23,25H,1-3,5-6,15,17H2,(H2,26,29). The summed E-state index contributed by atoms with van der Waals surface area (Å²) in [6, 6.07) is 10.7. The number of nitrogens with zero attached hydrogens (tertiary/aromatic N) is 2. The first-order valence-electron chi connectivity index (χ1n) is 11.2. The molecule has 2 N–H and O–H groups in total. The van der Waals surface area contributed by atoms with E-state index in [9.17, 15) is 9.59 Å². The molecule has 2 heterocycles. The lowest BCUT2D eigenvalue weighted by atomic mass is 9.90. The molecule has 32 heavy (non-hydrogen) atoms. The van der Waals surface area contributed by atoms with Crippen molar-refractivity contribution in [3.8, 4) is 0 Å². The van der Waals surface area contributed by atoms with Crippen LogP contribution in [0.2, 0.25) is 0 Å². The Kier molecular flexibility index (Phi) is 7.17. The smallest absolute Gasteiger partial charge is 0.221 e. The van der Waals surface area contributed by atoms with Crippen LogP contribution in [0.1, 0.15) is 66.2 Å². The average molecular weight is 436 g/mol. The van der Waals surface area contributed by atoms with Crippen molar-refractivity contribution in [1.82, 2.24) is 9.88 Å². The number of ether oxygens (including phenoxy) is 2. The number of benzene rings is 1. The monoisotopic (exact) mass is 435 g/mol. The first-order chi connectivity index (χ1) is 15.6. The number of hydrogen-bond donors (Lipinski definition) is 1. The van der Waals surface area contributed by atoms with Crippen molar-refractivity contribution in [2.75, 3.05) is 6.61 Å². The molecule has 0 spiro atoms. The Labute approximate surface area is 188 Å². The van der Waals surface area contributed by atoms with E-state index in [1.165, 1.54) is 19.3 Å². The second-order valence-electron chi connectivity index (χ2n) is 8.38. The summed E-state index contributed by atoms with van der Waals surface area (Å²) in [5, 5.41) is 0. The van der Waals surface area contributed by atoms with Gasteiger partial charge in [-0.25, -0.2) is 0 Å². The van der Waals surface area contributed by atoms with E-state index in [0.29, 0.717) is 23.7 Å². The van der Waals surface area contributed by atoms with Gasteiger partial charge in [-0.2, -0.15) is 0 Å². The topological polar surface area (TPSA) is 94.8 Å². The Morgan fingerprint density at radius 2 is 1.91 bits per heavy atom. The molecule has 2 unspecified atom stereocenters. The zero-order valence-electron chi connectivity index (χ0n) is 18.1. The highest BCUT2D eigenvalue weighted by atomic mass is 16.5. The largest absolute Gasteiger partial charge is 0.472 e. The normalized spacial score (nSPS) is 19.5. The lowest BCUT2D eigenvalue weighted by molar-refractivity contribution is -0.134. The highest BCUT2D eigenvalue weighted by Crippen LogP contribution is 2.32. The van der Waals surface area contributed by atoms with Gasteiger partial charge in [0.1, 0.15) is 12.5 Å². The van der Waals surface area contributed by atoms with Gasteiger partial charge in [-0.15, -0.1) is 0 Å². The van der Waals surface area contributed by atoms with E-state index in [0.717, 1.165) is 18.4 Å². The highest BCUT2D eigenvalue weighted by molar-refractivity contribution is 6.08. The molecule has 1 aliphatic heterocycles. The molecule has 168 valence electrons. The number of amides is 1. The third-order valence-corrected chi connectivity index (χ3v) is 6.05. The number of pyridine rings is 1.